The fourth-order valence-electron chi connectivity index (χ4n) is 1.14. The van der Waals surface area contributed by atoms with E-state index in [-0.39, 0.29) is 5.56 Å². The molecule has 2 aromatic rings. The molecule has 2 aromatic heterocycles. The highest BCUT2D eigenvalue weighted by Gasteiger charge is 2.01. The van der Waals surface area contributed by atoms with Crippen molar-refractivity contribution in [1.82, 2.24) is 14.8 Å². The van der Waals surface area contributed by atoms with Gasteiger partial charge in [-0.1, -0.05) is 6.07 Å². The molecule has 4 nitrogen and oxygen atoms in total. The minimum absolute atomic E-state index is 0.0550. The van der Waals surface area contributed by atoms with E-state index in [2.05, 4.69) is 10.1 Å². The summed E-state index contributed by atoms with van der Waals surface area (Å²) in [6.45, 7) is 0. The van der Waals surface area contributed by atoms with E-state index in [1.54, 1.807) is 13.2 Å². The monoisotopic (exact) mass is 175 g/mol. The van der Waals surface area contributed by atoms with Gasteiger partial charge < -0.3 is 0 Å². The Balaban J connectivity index is 2.54. The number of aromatic amines is 1. The van der Waals surface area contributed by atoms with Crippen molar-refractivity contribution in [1.29, 1.82) is 0 Å². The standard InChI is InChI=1S/C9H9N3O/c1-12-9(13)6-8(11-12)7-4-2-3-5-10-7/h2-6,11H,1H3. The maximum absolute atomic E-state index is 11.1. The zero-order valence-corrected chi connectivity index (χ0v) is 7.19. The van der Waals surface area contributed by atoms with Crippen LogP contribution in [0.2, 0.25) is 0 Å². The molecule has 2 rings (SSSR count). The number of hydrogen-bond donors (Lipinski definition) is 1. The Hall–Kier alpha value is -1.84. The molecule has 0 radical (unpaired) electrons. The van der Waals surface area contributed by atoms with Gasteiger partial charge in [0, 0.05) is 19.3 Å². The topological polar surface area (TPSA) is 50.7 Å². The van der Waals surface area contributed by atoms with Gasteiger partial charge in [0.15, 0.2) is 0 Å². The minimum Gasteiger partial charge on any atom is -0.294 e. The van der Waals surface area contributed by atoms with Crippen molar-refractivity contribution in [3.8, 4) is 11.4 Å². The van der Waals surface area contributed by atoms with Crippen molar-refractivity contribution < 1.29 is 0 Å². The van der Waals surface area contributed by atoms with E-state index in [4.69, 9.17) is 0 Å². The lowest BCUT2D eigenvalue weighted by molar-refractivity contribution is 0.742. The molecule has 0 spiro atoms. The largest absolute Gasteiger partial charge is 0.294 e. The third-order valence-electron chi connectivity index (χ3n) is 1.83. The van der Waals surface area contributed by atoms with Crippen molar-refractivity contribution in [2.24, 2.45) is 7.05 Å². The molecule has 0 saturated heterocycles. The first kappa shape index (κ1) is 7.79. The zero-order valence-electron chi connectivity index (χ0n) is 7.19. The van der Waals surface area contributed by atoms with E-state index >= 15 is 0 Å². The number of aryl methyl sites for hydroxylation is 1. The molecule has 1 N–H and O–H groups in total. The molecule has 0 aliphatic heterocycles. The molecule has 0 saturated carbocycles. The Kier molecular flexibility index (Phi) is 1.73. The van der Waals surface area contributed by atoms with Gasteiger partial charge in [-0.2, -0.15) is 0 Å². The Morgan fingerprint density at radius 2 is 2.31 bits per heavy atom. The van der Waals surface area contributed by atoms with Gasteiger partial charge in [0.25, 0.3) is 5.56 Å². The number of hydrogen-bond acceptors (Lipinski definition) is 2. The Morgan fingerprint density at radius 3 is 2.85 bits per heavy atom. The molecule has 66 valence electrons. The van der Waals surface area contributed by atoms with E-state index in [1.165, 1.54) is 10.7 Å². The molecule has 0 aliphatic carbocycles. The van der Waals surface area contributed by atoms with Gasteiger partial charge in [0.2, 0.25) is 0 Å². The van der Waals surface area contributed by atoms with E-state index < -0.39 is 0 Å². The quantitative estimate of drug-likeness (QED) is 0.696. The first-order valence-electron chi connectivity index (χ1n) is 3.95. The predicted octanol–water partition coefficient (Wildman–Crippen LogP) is 0.775. The summed E-state index contributed by atoms with van der Waals surface area (Å²) in [6, 6.07) is 7.10. The average Bonchev–Trinajstić information content (AvgIpc) is 2.49. The van der Waals surface area contributed by atoms with Gasteiger partial charge in [-0.25, -0.2) is 0 Å². The molecule has 0 atom stereocenters. The van der Waals surface area contributed by atoms with Crippen LogP contribution in [0.3, 0.4) is 0 Å². The Labute approximate surface area is 74.8 Å². The smallest absolute Gasteiger partial charge is 0.266 e. The lowest BCUT2D eigenvalue weighted by Gasteiger charge is -1.94. The lowest BCUT2D eigenvalue weighted by Crippen LogP contribution is -2.09. The van der Waals surface area contributed by atoms with Crippen molar-refractivity contribution in [2.45, 2.75) is 0 Å². The van der Waals surface area contributed by atoms with Crippen LogP contribution in [0.1, 0.15) is 0 Å². The van der Waals surface area contributed by atoms with Crippen LogP contribution in [-0.4, -0.2) is 14.8 Å². The van der Waals surface area contributed by atoms with E-state index in [0.29, 0.717) is 0 Å². The van der Waals surface area contributed by atoms with Crippen LogP contribution < -0.4 is 5.56 Å². The number of aromatic nitrogens is 3. The second kappa shape index (κ2) is 2.90. The summed E-state index contributed by atoms with van der Waals surface area (Å²) in [5.74, 6) is 0. The molecule has 0 bridgehead atoms. The molecule has 13 heavy (non-hydrogen) atoms. The van der Waals surface area contributed by atoms with Crippen LogP contribution in [0.4, 0.5) is 0 Å². The molecular weight excluding hydrogens is 166 g/mol. The molecular formula is C9H9N3O. The Bertz CT molecular complexity index is 455. The fraction of sp³-hybridized carbons (Fsp3) is 0.111. The van der Waals surface area contributed by atoms with E-state index in [0.717, 1.165) is 11.4 Å². The van der Waals surface area contributed by atoms with Crippen LogP contribution in [0.25, 0.3) is 11.4 Å². The first-order chi connectivity index (χ1) is 6.27. The van der Waals surface area contributed by atoms with Crippen LogP contribution in [0.5, 0.6) is 0 Å². The maximum atomic E-state index is 11.1. The van der Waals surface area contributed by atoms with Gasteiger partial charge in [0.1, 0.15) is 0 Å². The highest BCUT2D eigenvalue weighted by Crippen LogP contribution is 2.09. The molecule has 2 heterocycles. The lowest BCUT2D eigenvalue weighted by atomic mass is 10.3. The summed E-state index contributed by atoms with van der Waals surface area (Å²) >= 11 is 0. The Morgan fingerprint density at radius 1 is 1.46 bits per heavy atom. The number of nitrogens with one attached hydrogen (secondary N) is 1. The number of nitrogens with zero attached hydrogens (tertiary/aromatic N) is 2. The molecule has 4 heteroatoms. The normalized spacial score (nSPS) is 10.2. The molecule has 0 aromatic carbocycles. The maximum Gasteiger partial charge on any atom is 0.266 e. The average molecular weight is 175 g/mol. The van der Waals surface area contributed by atoms with Crippen molar-refractivity contribution in [3.63, 3.8) is 0 Å². The highest BCUT2D eigenvalue weighted by molar-refractivity contribution is 5.52. The molecule has 0 aliphatic rings. The van der Waals surface area contributed by atoms with Gasteiger partial charge in [0.05, 0.1) is 11.4 Å². The SMILES string of the molecule is Cn1[nH]c(-c2ccccn2)cc1=O. The van der Waals surface area contributed by atoms with Crippen LogP contribution in [0, 0.1) is 0 Å². The van der Waals surface area contributed by atoms with E-state index in [9.17, 15) is 4.79 Å². The van der Waals surface area contributed by atoms with Crippen molar-refractivity contribution >= 4 is 0 Å². The van der Waals surface area contributed by atoms with Gasteiger partial charge in [-0.05, 0) is 12.1 Å². The summed E-state index contributed by atoms with van der Waals surface area (Å²) in [5, 5.41) is 2.90. The third-order valence-corrected chi connectivity index (χ3v) is 1.83. The molecule has 0 amide bonds. The van der Waals surface area contributed by atoms with Crippen LogP contribution >= 0.6 is 0 Å². The zero-order chi connectivity index (χ0) is 9.26. The van der Waals surface area contributed by atoms with Crippen LogP contribution in [-0.2, 0) is 7.05 Å². The number of pyridine rings is 1. The van der Waals surface area contributed by atoms with Gasteiger partial charge in [-0.3, -0.25) is 19.6 Å². The minimum atomic E-state index is -0.0550. The van der Waals surface area contributed by atoms with Crippen LogP contribution in [0.15, 0.2) is 35.3 Å². The third kappa shape index (κ3) is 1.38. The summed E-state index contributed by atoms with van der Waals surface area (Å²) in [5.41, 5.74) is 1.47. The fourth-order valence-corrected chi connectivity index (χ4v) is 1.14. The van der Waals surface area contributed by atoms with E-state index in [1.807, 2.05) is 18.2 Å². The number of rotatable bonds is 1. The second-order valence-corrected chi connectivity index (χ2v) is 2.78. The summed E-state index contributed by atoms with van der Waals surface area (Å²) in [7, 11) is 1.68. The van der Waals surface area contributed by atoms with Crippen molar-refractivity contribution in [3.05, 3.63) is 40.8 Å². The predicted molar refractivity (Wildman–Crippen MR) is 49.3 cm³/mol. The number of H-pyrrole nitrogens is 1. The highest BCUT2D eigenvalue weighted by atomic mass is 16.1. The summed E-state index contributed by atoms with van der Waals surface area (Å²) < 4.78 is 1.42. The van der Waals surface area contributed by atoms with Crippen molar-refractivity contribution in [2.75, 3.05) is 0 Å². The summed E-state index contributed by atoms with van der Waals surface area (Å²) in [4.78, 5) is 15.2. The summed E-state index contributed by atoms with van der Waals surface area (Å²) in [6.07, 6.45) is 1.70. The van der Waals surface area contributed by atoms with Gasteiger partial charge in [-0.15, -0.1) is 0 Å². The first-order valence-corrected chi connectivity index (χ1v) is 3.95. The van der Waals surface area contributed by atoms with Gasteiger partial charge >= 0.3 is 0 Å². The second-order valence-electron chi connectivity index (χ2n) is 2.78. The molecule has 0 fully saturated rings. The molecule has 0 unspecified atom stereocenters.